The Labute approximate surface area is 113 Å². The first-order chi connectivity index (χ1) is 9.88. The summed E-state index contributed by atoms with van der Waals surface area (Å²) in [5.74, 6) is 5.66. The third-order valence-corrected chi connectivity index (χ3v) is 3.32. The number of hydrogen-bond donors (Lipinski definition) is 2. The van der Waals surface area contributed by atoms with Crippen LogP contribution in [0.5, 0.6) is 0 Å². The maximum Gasteiger partial charge on any atom is 0.257 e. The summed E-state index contributed by atoms with van der Waals surface area (Å²) >= 11 is 0. The first-order valence-corrected chi connectivity index (χ1v) is 6.15. The first-order valence-electron chi connectivity index (χ1n) is 6.15. The van der Waals surface area contributed by atoms with Crippen molar-refractivity contribution < 1.29 is 0 Å². The van der Waals surface area contributed by atoms with Gasteiger partial charge >= 0.3 is 0 Å². The van der Waals surface area contributed by atoms with E-state index in [1.165, 1.54) is 0 Å². The molecule has 0 amide bonds. The Kier molecular flexibility index (Phi) is 2.24. The van der Waals surface area contributed by atoms with Crippen molar-refractivity contribution in [2.75, 3.05) is 5.43 Å². The number of hydrogen-bond acceptors (Lipinski definition) is 6. The minimum absolute atomic E-state index is 0.290. The van der Waals surface area contributed by atoms with E-state index >= 15 is 0 Å². The van der Waals surface area contributed by atoms with Crippen LogP contribution < -0.4 is 11.3 Å². The summed E-state index contributed by atoms with van der Waals surface area (Å²) in [7, 11) is 0. The predicted octanol–water partition coefficient (Wildman–Crippen LogP) is 2.01. The summed E-state index contributed by atoms with van der Waals surface area (Å²) < 4.78 is 0. The van der Waals surface area contributed by atoms with Crippen LogP contribution in [-0.4, -0.2) is 20.2 Å². The SMILES string of the molecule is NNc1nnc2c3ccccc3c3ncccc3c2n1. The second-order valence-corrected chi connectivity index (χ2v) is 4.42. The Hall–Kier alpha value is -2.86. The normalized spacial score (nSPS) is 11.2. The Morgan fingerprint density at radius 1 is 0.800 bits per heavy atom. The topological polar surface area (TPSA) is 89.6 Å². The lowest BCUT2D eigenvalue weighted by Crippen LogP contribution is -2.11. The van der Waals surface area contributed by atoms with Gasteiger partial charge in [-0.25, -0.2) is 10.8 Å². The molecule has 3 N–H and O–H groups in total. The summed E-state index contributed by atoms with van der Waals surface area (Å²) in [6, 6.07) is 11.8. The van der Waals surface area contributed by atoms with Gasteiger partial charge in [0.05, 0.1) is 5.52 Å². The van der Waals surface area contributed by atoms with E-state index < -0.39 is 0 Å². The van der Waals surface area contributed by atoms with Gasteiger partial charge in [0, 0.05) is 22.4 Å². The molecule has 0 saturated heterocycles. The van der Waals surface area contributed by atoms with E-state index in [0.717, 1.165) is 32.7 Å². The van der Waals surface area contributed by atoms with Gasteiger partial charge in [-0.2, -0.15) is 0 Å². The highest BCUT2D eigenvalue weighted by Gasteiger charge is 2.12. The first kappa shape index (κ1) is 11.0. The number of benzene rings is 2. The third kappa shape index (κ3) is 1.42. The van der Waals surface area contributed by atoms with Gasteiger partial charge < -0.3 is 0 Å². The van der Waals surface area contributed by atoms with Crippen LogP contribution in [0.15, 0.2) is 42.6 Å². The average Bonchev–Trinajstić information content (AvgIpc) is 2.54. The lowest BCUT2D eigenvalue weighted by molar-refractivity contribution is 1.01. The molecule has 0 aliphatic heterocycles. The number of aromatic nitrogens is 4. The summed E-state index contributed by atoms with van der Waals surface area (Å²) in [5, 5.41) is 11.2. The lowest BCUT2D eigenvalue weighted by atomic mass is 10.0. The number of hydrazine groups is 1. The average molecular weight is 262 g/mol. The van der Waals surface area contributed by atoms with Crippen molar-refractivity contribution >= 4 is 38.7 Å². The van der Waals surface area contributed by atoms with Crippen LogP contribution in [-0.2, 0) is 0 Å². The second-order valence-electron chi connectivity index (χ2n) is 4.42. The number of nitrogens with one attached hydrogen (secondary N) is 1. The van der Waals surface area contributed by atoms with E-state index in [0.29, 0.717) is 0 Å². The van der Waals surface area contributed by atoms with E-state index in [1.54, 1.807) is 6.20 Å². The van der Waals surface area contributed by atoms with Gasteiger partial charge in [-0.05, 0) is 12.1 Å². The van der Waals surface area contributed by atoms with Crippen LogP contribution in [0.3, 0.4) is 0 Å². The Morgan fingerprint density at radius 3 is 2.35 bits per heavy atom. The molecule has 6 heteroatoms. The van der Waals surface area contributed by atoms with Gasteiger partial charge in [0.2, 0.25) is 0 Å². The van der Waals surface area contributed by atoms with Crippen LogP contribution >= 0.6 is 0 Å². The van der Waals surface area contributed by atoms with Crippen LogP contribution in [0.25, 0.3) is 32.7 Å². The fourth-order valence-corrected chi connectivity index (χ4v) is 2.46. The van der Waals surface area contributed by atoms with E-state index in [4.69, 9.17) is 5.84 Å². The van der Waals surface area contributed by atoms with Crippen molar-refractivity contribution in [1.29, 1.82) is 0 Å². The third-order valence-electron chi connectivity index (χ3n) is 3.32. The molecule has 0 spiro atoms. The van der Waals surface area contributed by atoms with Gasteiger partial charge in [-0.1, -0.05) is 24.3 Å². The molecule has 2 aromatic carbocycles. The van der Waals surface area contributed by atoms with Crippen molar-refractivity contribution in [1.82, 2.24) is 20.2 Å². The molecular formula is C14H10N6. The summed E-state index contributed by atoms with van der Waals surface area (Å²) in [5.41, 5.74) is 4.82. The van der Waals surface area contributed by atoms with Crippen molar-refractivity contribution in [2.24, 2.45) is 5.84 Å². The Bertz CT molecular complexity index is 915. The monoisotopic (exact) mass is 262 g/mol. The Balaban J connectivity index is 2.35. The van der Waals surface area contributed by atoms with E-state index in [2.05, 4.69) is 25.6 Å². The van der Waals surface area contributed by atoms with Crippen LogP contribution in [0, 0.1) is 0 Å². The number of nitrogens with zero attached hydrogens (tertiary/aromatic N) is 4. The zero-order valence-electron chi connectivity index (χ0n) is 10.4. The lowest BCUT2D eigenvalue weighted by Gasteiger charge is -2.07. The number of rotatable bonds is 1. The number of nitrogens with two attached hydrogens (primary N) is 1. The van der Waals surface area contributed by atoms with E-state index in [9.17, 15) is 0 Å². The molecule has 0 aliphatic carbocycles. The highest BCUT2D eigenvalue weighted by Crippen LogP contribution is 2.31. The van der Waals surface area contributed by atoms with Crippen molar-refractivity contribution in [3.8, 4) is 0 Å². The molecule has 0 bridgehead atoms. The van der Waals surface area contributed by atoms with Crippen molar-refractivity contribution in [3.63, 3.8) is 0 Å². The van der Waals surface area contributed by atoms with Crippen molar-refractivity contribution in [2.45, 2.75) is 0 Å². The molecule has 2 aromatic heterocycles. The highest BCUT2D eigenvalue weighted by atomic mass is 15.3. The zero-order valence-corrected chi connectivity index (χ0v) is 10.4. The van der Waals surface area contributed by atoms with Crippen molar-refractivity contribution in [3.05, 3.63) is 42.6 Å². The molecule has 0 radical (unpaired) electrons. The molecule has 20 heavy (non-hydrogen) atoms. The fraction of sp³-hybridized carbons (Fsp3) is 0. The number of pyridine rings is 1. The molecule has 96 valence electrons. The van der Waals surface area contributed by atoms with Gasteiger partial charge in [-0.15, -0.1) is 10.2 Å². The largest absolute Gasteiger partial charge is 0.291 e. The predicted molar refractivity (Wildman–Crippen MR) is 78.0 cm³/mol. The highest BCUT2D eigenvalue weighted by molar-refractivity contribution is 6.21. The van der Waals surface area contributed by atoms with Crippen LogP contribution in [0.1, 0.15) is 0 Å². The minimum Gasteiger partial charge on any atom is -0.291 e. The molecule has 0 aliphatic rings. The molecule has 4 rings (SSSR count). The minimum atomic E-state index is 0.290. The molecule has 0 atom stereocenters. The number of fused-ring (bicyclic) bond motifs is 6. The van der Waals surface area contributed by atoms with Crippen LogP contribution in [0.4, 0.5) is 5.95 Å². The zero-order chi connectivity index (χ0) is 13.5. The maximum absolute atomic E-state index is 5.37. The molecule has 0 saturated carbocycles. The number of anilines is 1. The molecule has 0 unspecified atom stereocenters. The van der Waals surface area contributed by atoms with Gasteiger partial charge in [-0.3, -0.25) is 10.4 Å². The molecular weight excluding hydrogens is 252 g/mol. The second kappa shape index (κ2) is 4.07. The molecule has 2 heterocycles. The van der Waals surface area contributed by atoms with Crippen LogP contribution in [0.2, 0.25) is 0 Å². The smallest absolute Gasteiger partial charge is 0.257 e. The molecule has 4 aromatic rings. The van der Waals surface area contributed by atoms with Gasteiger partial charge in [0.15, 0.2) is 0 Å². The Morgan fingerprint density at radius 2 is 1.55 bits per heavy atom. The molecule has 6 nitrogen and oxygen atoms in total. The summed E-state index contributed by atoms with van der Waals surface area (Å²) in [6.07, 6.45) is 1.78. The number of nitrogen functional groups attached to an aromatic ring is 1. The quantitative estimate of drug-likeness (QED) is 0.310. The van der Waals surface area contributed by atoms with E-state index in [-0.39, 0.29) is 5.95 Å². The summed E-state index contributed by atoms with van der Waals surface area (Å²) in [4.78, 5) is 8.90. The standard InChI is InChI=1S/C14H10N6/c15-18-14-17-12-10-6-3-7-16-11(10)8-4-1-2-5-9(8)13(12)19-20-14/h1-7H,15H2,(H,17,18,20). The van der Waals surface area contributed by atoms with Gasteiger partial charge in [0.1, 0.15) is 11.0 Å². The maximum atomic E-state index is 5.37. The van der Waals surface area contributed by atoms with Gasteiger partial charge in [0.25, 0.3) is 5.95 Å². The fourth-order valence-electron chi connectivity index (χ4n) is 2.46. The molecule has 0 fully saturated rings. The summed E-state index contributed by atoms with van der Waals surface area (Å²) in [6.45, 7) is 0. The van der Waals surface area contributed by atoms with E-state index in [1.807, 2.05) is 36.4 Å².